The molecular formula is C14H23NO. The lowest BCUT2D eigenvalue weighted by Crippen LogP contribution is -2.18. The summed E-state index contributed by atoms with van der Waals surface area (Å²) in [6.45, 7) is 9.14. The van der Waals surface area contributed by atoms with Crippen LogP contribution in [0.5, 0.6) is 5.75 Å². The van der Waals surface area contributed by atoms with Gasteiger partial charge in [0.1, 0.15) is 5.75 Å². The summed E-state index contributed by atoms with van der Waals surface area (Å²) in [5, 5.41) is 0. The maximum Gasteiger partial charge on any atom is 0.125 e. The lowest BCUT2D eigenvalue weighted by Gasteiger charge is -2.14. The van der Waals surface area contributed by atoms with Crippen molar-refractivity contribution in [3.05, 3.63) is 28.8 Å². The van der Waals surface area contributed by atoms with E-state index in [2.05, 4.69) is 32.9 Å². The first kappa shape index (κ1) is 13.0. The van der Waals surface area contributed by atoms with Crippen LogP contribution in [0.2, 0.25) is 0 Å². The number of ether oxygens (including phenoxy) is 1. The van der Waals surface area contributed by atoms with Crippen molar-refractivity contribution in [2.24, 2.45) is 5.73 Å². The molecule has 1 rings (SSSR count). The lowest BCUT2D eigenvalue weighted by atomic mass is 10.0. The van der Waals surface area contributed by atoms with Crippen molar-refractivity contribution in [2.45, 2.75) is 46.6 Å². The number of rotatable bonds is 5. The molecule has 1 atom stereocenters. The summed E-state index contributed by atoms with van der Waals surface area (Å²) in [7, 11) is 0. The van der Waals surface area contributed by atoms with E-state index in [0.717, 1.165) is 25.2 Å². The van der Waals surface area contributed by atoms with Crippen LogP contribution in [-0.2, 0) is 6.42 Å². The Balaban J connectivity index is 2.89. The van der Waals surface area contributed by atoms with Crippen molar-refractivity contribution in [1.82, 2.24) is 0 Å². The molecule has 2 N–H and O–H groups in total. The molecule has 0 saturated heterocycles. The summed E-state index contributed by atoms with van der Waals surface area (Å²) in [6, 6.07) is 4.57. The number of aryl methyl sites for hydroxylation is 2. The topological polar surface area (TPSA) is 35.2 Å². The molecule has 1 aromatic carbocycles. The molecule has 0 aromatic heterocycles. The molecule has 0 aliphatic heterocycles. The van der Waals surface area contributed by atoms with E-state index < -0.39 is 0 Å². The summed E-state index contributed by atoms with van der Waals surface area (Å²) in [6.07, 6.45) is 1.97. The van der Waals surface area contributed by atoms with Gasteiger partial charge in [-0.25, -0.2) is 0 Å². The second-order valence-electron chi connectivity index (χ2n) is 4.59. The zero-order valence-corrected chi connectivity index (χ0v) is 10.8. The average molecular weight is 221 g/mol. The van der Waals surface area contributed by atoms with E-state index in [9.17, 15) is 0 Å². The molecule has 16 heavy (non-hydrogen) atoms. The molecule has 0 spiro atoms. The zero-order valence-electron chi connectivity index (χ0n) is 10.8. The normalized spacial score (nSPS) is 12.6. The second-order valence-corrected chi connectivity index (χ2v) is 4.59. The van der Waals surface area contributed by atoms with Crippen LogP contribution in [0.1, 0.15) is 37.0 Å². The molecule has 0 bridgehead atoms. The Kier molecular flexibility index (Phi) is 4.81. The third-order valence-corrected chi connectivity index (χ3v) is 2.53. The quantitative estimate of drug-likeness (QED) is 0.829. The molecule has 0 aliphatic rings. The van der Waals surface area contributed by atoms with E-state index in [1.807, 2.05) is 6.92 Å². The summed E-state index contributed by atoms with van der Waals surface area (Å²) < 4.78 is 5.75. The van der Waals surface area contributed by atoms with Crippen molar-refractivity contribution in [2.75, 3.05) is 6.61 Å². The molecular weight excluding hydrogens is 198 g/mol. The Labute approximate surface area is 98.8 Å². The van der Waals surface area contributed by atoms with Gasteiger partial charge in [0.15, 0.2) is 0 Å². The lowest BCUT2D eigenvalue weighted by molar-refractivity contribution is 0.313. The van der Waals surface area contributed by atoms with Gasteiger partial charge in [-0.2, -0.15) is 0 Å². The highest BCUT2D eigenvalue weighted by Gasteiger charge is 2.07. The van der Waals surface area contributed by atoms with Gasteiger partial charge >= 0.3 is 0 Å². The molecule has 0 radical (unpaired) electrons. The Bertz CT molecular complexity index is 322. The third-order valence-electron chi connectivity index (χ3n) is 2.53. The number of benzene rings is 1. The summed E-state index contributed by atoms with van der Waals surface area (Å²) in [5.41, 5.74) is 9.54. The van der Waals surface area contributed by atoms with Crippen LogP contribution in [0.25, 0.3) is 0 Å². The van der Waals surface area contributed by atoms with Gasteiger partial charge in [-0.15, -0.1) is 0 Å². The van der Waals surface area contributed by atoms with E-state index in [0.29, 0.717) is 0 Å². The van der Waals surface area contributed by atoms with Gasteiger partial charge < -0.3 is 10.5 Å². The second kappa shape index (κ2) is 5.90. The molecule has 1 unspecified atom stereocenters. The predicted octanol–water partition coefficient (Wildman–Crippen LogP) is 2.98. The first-order valence-electron chi connectivity index (χ1n) is 6.03. The Morgan fingerprint density at radius 2 is 1.81 bits per heavy atom. The van der Waals surface area contributed by atoms with Crippen LogP contribution in [0.4, 0.5) is 0 Å². The van der Waals surface area contributed by atoms with Gasteiger partial charge in [0, 0.05) is 6.04 Å². The van der Waals surface area contributed by atoms with Crippen LogP contribution in [0, 0.1) is 13.8 Å². The standard InChI is InChI=1S/C14H23NO/c1-5-6-16-14-10(2)7-13(8-11(14)3)9-12(4)15/h7-8,12H,5-6,9,15H2,1-4H3. The molecule has 0 aliphatic carbocycles. The first-order chi connectivity index (χ1) is 7.54. The Morgan fingerprint density at radius 3 is 2.25 bits per heavy atom. The number of hydrogen-bond donors (Lipinski definition) is 1. The Morgan fingerprint density at radius 1 is 1.25 bits per heavy atom. The van der Waals surface area contributed by atoms with Crippen LogP contribution in [-0.4, -0.2) is 12.6 Å². The van der Waals surface area contributed by atoms with Crippen LogP contribution >= 0.6 is 0 Å². The van der Waals surface area contributed by atoms with E-state index in [-0.39, 0.29) is 6.04 Å². The highest BCUT2D eigenvalue weighted by atomic mass is 16.5. The predicted molar refractivity (Wildman–Crippen MR) is 69.1 cm³/mol. The minimum Gasteiger partial charge on any atom is -0.493 e. The summed E-state index contributed by atoms with van der Waals surface area (Å²) in [4.78, 5) is 0. The van der Waals surface area contributed by atoms with Crippen LogP contribution < -0.4 is 10.5 Å². The minimum atomic E-state index is 0.209. The van der Waals surface area contributed by atoms with Crippen molar-refractivity contribution in [3.8, 4) is 5.75 Å². The van der Waals surface area contributed by atoms with E-state index >= 15 is 0 Å². The highest BCUT2D eigenvalue weighted by Crippen LogP contribution is 2.25. The van der Waals surface area contributed by atoms with Crippen LogP contribution in [0.3, 0.4) is 0 Å². The molecule has 0 amide bonds. The zero-order chi connectivity index (χ0) is 12.1. The fourth-order valence-electron chi connectivity index (χ4n) is 1.96. The van der Waals surface area contributed by atoms with E-state index in [4.69, 9.17) is 10.5 Å². The Hall–Kier alpha value is -1.02. The maximum atomic E-state index is 5.81. The molecule has 90 valence electrons. The van der Waals surface area contributed by atoms with Crippen molar-refractivity contribution in [1.29, 1.82) is 0 Å². The largest absolute Gasteiger partial charge is 0.493 e. The number of nitrogens with two attached hydrogens (primary N) is 1. The van der Waals surface area contributed by atoms with Crippen molar-refractivity contribution >= 4 is 0 Å². The van der Waals surface area contributed by atoms with E-state index in [1.165, 1.54) is 16.7 Å². The van der Waals surface area contributed by atoms with Gasteiger partial charge in [-0.05, 0) is 50.3 Å². The van der Waals surface area contributed by atoms with Gasteiger partial charge in [-0.3, -0.25) is 0 Å². The van der Waals surface area contributed by atoms with Crippen molar-refractivity contribution < 1.29 is 4.74 Å². The molecule has 0 saturated carbocycles. The smallest absolute Gasteiger partial charge is 0.125 e. The average Bonchev–Trinajstić information content (AvgIpc) is 2.15. The molecule has 2 nitrogen and oxygen atoms in total. The molecule has 1 aromatic rings. The fourth-order valence-corrected chi connectivity index (χ4v) is 1.96. The minimum absolute atomic E-state index is 0.209. The van der Waals surface area contributed by atoms with Gasteiger partial charge in [0.2, 0.25) is 0 Å². The fraction of sp³-hybridized carbons (Fsp3) is 0.571. The summed E-state index contributed by atoms with van der Waals surface area (Å²) in [5.74, 6) is 1.04. The van der Waals surface area contributed by atoms with Gasteiger partial charge in [0.05, 0.1) is 6.61 Å². The molecule has 2 heteroatoms. The monoisotopic (exact) mass is 221 g/mol. The van der Waals surface area contributed by atoms with Gasteiger partial charge in [-0.1, -0.05) is 19.1 Å². The highest BCUT2D eigenvalue weighted by molar-refractivity contribution is 5.43. The van der Waals surface area contributed by atoms with E-state index in [1.54, 1.807) is 0 Å². The first-order valence-corrected chi connectivity index (χ1v) is 6.03. The third kappa shape index (κ3) is 3.53. The van der Waals surface area contributed by atoms with Gasteiger partial charge in [0.25, 0.3) is 0 Å². The van der Waals surface area contributed by atoms with Crippen molar-refractivity contribution in [3.63, 3.8) is 0 Å². The SMILES string of the molecule is CCCOc1c(C)cc(CC(C)N)cc1C. The summed E-state index contributed by atoms with van der Waals surface area (Å²) >= 11 is 0. The molecule has 0 heterocycles. The maximum absolute atomic E-state index is 5.81. The number of hydrogen-bond acceptors (Lipinski definition) is 2. The molecule has 0 fully saturated rings. The van der Waals surface area contributed by atoms with Crippen LogP contribution in [0.15, 0.2) is 12.1 Å².